The molecule has 0 aliphatic heterocycles. The van der Waals surface area contributed by atoms with Crippen LogP contribution in [0.1, 0.15) is 29.5 Å². The van der Waals surface area contributed by atoms with Crippen molar-refractivity contribution in [3.63, 3.8) is 0 Å². The first-order chi connectivity index (χ1) is 14.9. The fourth-order valence-corrected chi connectivity index (χ4v) is 4.47. The third-order valence-electron chi connectivity index (χ3n) is 5.67. The number of hydrogen-bond acceptors (Lipinski definition) is 5. The van der Waals surface area contributed by atoms with E-state index in [-0.39, 0.29) is 23.6 Å². The van der Waals surface area contributed by atoms with E-state index in [1.165, 1.54) is 11.1 Å². The number of hydrogen-bond donors (Lipinski definition) is 5. The molecule has 160 valence electrons. The summed E-state index contributed by atoms with van der Waals surface area (Å²) in [5, 5.41) is 21.6. The maximum absolute atomic E-state index is 12.7. The van der Waals surface area contributed by atoms with Gasteiger partial charge in [0.05, 0.1) is 11.5 Å². The van der Waals surface area contributed by atoms with Gasteiger partial charge in [0.1, 0.15) is 0 Å². The maximum atomic E-state index is 12.7. The number of aryl methyl sites for hydroxylation is 2. The second-order valence-corrected chi connectivity index (χ2v) is 7.75. The molecular formula is C24H26N4O3. The number of nitrogens with two attached hydrogens (primary N) is 2. The quantitative estimate of drug-likeness (QED) is 0.310. The summed E-state index contributed by atoms with van der Waals surface area (Å²) < 4.78 is 1.81. The lowest BCUT2D eigenvalue weighted by molar-refractivity contribution is -0.0473. The molecule has 0 saturated heterocycles. The summed E-state index contributed by atoms with van der Waals surface area (Å²) in [6.45, 7) is 4.01. The SMILES string of the molecule is C=C/C=C(\C=C(N)N)Cn1c(C(O)O)c(-c2ccc[nH]c2=O)c2cc3c(cc21)CCC3. The molecule has 0 fully saturated rings. The van der Waals surface area contributed by atoms with Gasteiger partial charge in [0.2, 0.25) is 0 Å². The summed E-state index contributed by atoms with van der Waals surface area (Å²) in [4.78, 5) is 15.3. The zero-order valence-electron chi connectivity index (χ0n) is 17.1. The first-order valence-electron chi connectivity index (χ1n) is 10.2. The second kappa shape index (κ2) is 8.29. The molecule has 7 nitrogen and oxygen atoms in total. The van der Waals surface area contributed by atoms with Crippen LogP contribution >= 0.6 is 0 Å². The monoisotopic (exact) mass is 418 g/mol. The highest BCUT2D eigenvalue weighted by atomic mass is 16.5. The number of rotatable bonds is 6. The fraction of sp³-hybridized carbons (Fsp3) is 0.208. The van der Waals surface area contributed by atoms with Crippen molar-refractivity contribution in [3.05, 3.63) is 93.8 Å². The van der Waals surface area contributed by atoms with E-state index < -0.39 is 6.29 Å². The highest BCUT2D eigenvalue weighted by Crippen LogP contribution is 2.39. The number of nitrogens with zero attached hydrogens (tertiary/aromatic N) is 1. The van der Waals surface area contributed by atoms with Crippen LogP contribution in [-0.2, 0) is 19.4 Å². The minimum Gasteiger partial charge on any atom is -0.386 e. The van der Waals surface area contributed by atoms with E-state index in [0.717, 1.165) is 35.7 Å². The van der Waals surface area contributed by atoms with E-state index in [0.29, 0.717) is 11.1 Å². The van der Waals surface area contributed by atoms with Crippen LogP contribution < -0.4 is 17.0 Å². The van der Waals surface area contributed by atoms with Crippen LogP contribution in [0.4, 0.5) is 0 Å². The van der Waals surface area contributed by atoms with E-state index in [1.54, 1.807) is 36.6 Å². The summed E-state index contributed by atoms with van der Waals surface area (Å²) in [7, 11) is 0. The normalized spacial score (nSPS) is 13.6. The molecule has 0 amide bonds. The van der Waals surface area contributed by atoms with Crippen LogP contribution in [-0.4, -0.2) is 19.8 Å². The maximum Gasteiger partial charge on any atom is 0.255 e. The minimum absolute atomic E-state index is 0.135. The Kier molecular flexibility index (Phi) is 5.54. The Bertz CT molecular complexity index is 1270. The van der Waals surface area contributed by atoms with Crippen molar-refractivity contribution in [3.8, 4) is 11.1 Å². The topological polar surface area (TPSA) is 130 Å². The average Bonchev–Trinajstić information content (AvgIpc) is 3.29. The van der Waals surface area contributed by atoms with Gasteiger partial charge in [-0.25, -0.2) is 0 Å². The number of aliphatic hydroxyl groups excluding tert-OH is 1. The molecule has 0 radical (unpaired) electrons. The molecular weight excluding hydrogens is 392 g/mol. The highest BCUT2D eigenvalue weighted by molar-refractivity contribution is 5.99. The molecule has 1 aromatic carbocycles. The number of aliphatic hydroxyl groups is 2. The predicted molar refractivity (Wildman–Crippen MR) is 122 cm³/mol. The van der Waals surface area contributed by atoms with Gasteiger partial charge in [0.25, 0.3) is 5.56 Å². The number of aromatic nitrogens is 2. The van der Waals surface area contributed by atoms with E-state index >= 15 is 0 Å². The van der Waals surface area contributed by atoms with E-state index in [9.17, 15) is 15.0 Å². The fourth-order valence-electron chi connectivity index (χ4n) is 4.47. The van der Waals surface area contributed by atoms with E-state index in [4.69, 9.17) is 11.5 Å². The lowest BCUT2D eigenvalue weighted by Crippen LogP contribution is -2.14. The van der Waals surface area contributed by atoms with Crippen LogP contribution in [0, 0.1) is 0 Å². The summed E-state index contributed by atoms with van der Waals surface area (Å²) >= 11 is 0. The Morgan fingerprint density at radius 1 is 1.26 bits per heavy atom. The van der Waals surface area contributed by atoms with Crippen LogP contribution in [0.25, 0.3) is 22.0 Å². The van der Waals surface area contributed by atoms with Crippen molar-refractivity contribution >= 4 is 10.9 Å². The molecule has 7 heteroatoms. The van der Waals surface area contributed by atoms with Crippen molar-refractivity contribution in [1.82, 2.24) is 9.55 Å². The van der Waals surface area contributed by atoms with Gasteiger partial charge < -0.3 is 31.2 Å². The third kappa shape index (κ3) is 3.81. The summed E-state index contributed by atoms with van der Waals surface area (Å²) in [5.74, 6) is 0.135. The second-order valence-electron chi connectivity index (χ2n) is 7.75. The Morgan fingerprint density at radius 3 is 2.65 bits per heavy atom. The van der Waals surface area contributed by atoms with Gasteiger partial charge in [-0.05, 0) is 66.3 Å². The molecule has 0 spiro atoms. The Hall–Kier alpha value is -3.55. The lowest BCUT2D eigenvalue weighted by Gasteiger charge is -2.15. The first kappa shape index (κ1) is 20.7. The van der Waals surface area contributed by atoms with Crippen LogP contribution in [0.5, 0.6) is 0 Å². The third-order valence-corrected chi connectivity index (χ3v) is 5.67. The molecule has 2 heterocycles. The zero-order valence-corrected chi connectivity index (χ0v) is 17.1. The number of aromatic amines is 1. The predicted octanol–water partition coefficient (Wildman–Crippen LogP) is 2.34. The van der Waals surface area contributed by atoms with Gasteiger partial charge >= 0.3 is 0 Å². The molecule has 0 saturated carbocycles. The molecule has 2 aromatic heterocycles. The van der Waals surface area contributed by atoms with Crippen molar-refractivity contribution in [2.45, 2.75) is 32.1 Å². The van der Waals surface area contributed by atoms with Crippen LogP contribution in [0.2, 0.25) is 0 Å². The van der Waals surface area contributed by atoms with Gasteiger partial charge in [-0.2, -0.15) is 0 Å². The van der Waals surface area contributed by atoms with Crippen molar-refractivity contribution in [2.24, 2.45) is 11.5 Å². The summed E-state index contributed by atoms with van der Waals surface area (Å²) in [6.07, 6.45) is 7.78. The first-order valence-corrected chi connectivity index (χ1v) is 10.2. The highest BCUT2D eigenvalue weighted by Gasteiger charge is 2.26. The van der Waals surface area contributed by atoms with Gasteiger partial charge in [0, 0.05) is 34.8 Å². The smallest absolute Gasteiger partial charge is 0.255 e. The Morgan fingerprint density at radius 2 is 2.00 bits per heavy atom. The molecule has 0 bridgehead atoms. The summed E-state index contributed by atoms with van der Waals surface area (Å²) in [6, 6.07) is 7.58. The van der Waals surface area contributed by atoms with Crippen molar-refractivity contribution in [2.75, 3.05) is 0 Å². The number of benzene rings is 1. The number of fused-ring (bicyclic) bond motifs is 2. The largest absolute Gasteiger partial charge is 0.386 e. The number of nitrogens with one attached hydrogen (secondary N) is 1. The molecule has 4 rings (SSSR count). The minimum atomic E-state index is -1.79. The average molecular weight is 418 g/mol. The van der Waals surface area contributed by atoms with Gasteiger partial charge in [0.15, 0.2) is 6.29 Å². The molecule has 31 heavy (non-hydrogen) atoms. The Labute approximate surface area is 179 Å². The van der Waals surface area contributed by atoms with Gasteiger partial charge in [-0.15, -0.1) is 0 Å². The van der Waals surface area contributed by atoms with E-state index in [2.05, 4.69) is 23.7 Å². The standard InChI is InChI=1S/C24H26N4O3/c1-2-5-14(10-20(25)26)13-28-19-12-16-7-3-6-15(16)11-18(19)21(22(28)24(30)31)17-8-4-9-27-23(17)29/h2,4-5,8-12,24,30-31H,1,3,6-7,13,25-26H2,(H,27,29)/b14-5+. The number of allylic oxidation sites excluding steroid dienone is 4. The lowest BCUT2D eigenvalue weighted by atomic mass is 10.00. The number of H-pyrrole nitrogens is 1. The molecule has 3 aromatic rings. The van der Waals surface area contributed by atoms with Crippen LogP contribution in [0.15, 0.2) is 71.5 Å². The van der Waals surface area contributed by atoms with Crippen molar-refractivity contribution < 1.29 is 10.2 Å². The molecule has 7 N–H and O–H groups in total. The zero-order chi connectivity index (χ0) is 22.1. The Balaban J connectivity index is 2.07. The van der Waals surface area contributed by atoms with Crippen LogP contribution in [0.3, 0.4) is 0 Å². The molecule has 0 unspecified atom stereocenters. The molecule has 0 atom stereocenters. The molecule has 1 aliphatic carbocycles. The van der Waals surface area contributed by atoms with Gasteiger partial charge in [-0.3, -0.25) is 4.79 Å². The van der Waals surface area contributed by atoms with E-state index in [1.807, 2.05) is 4.57 Å². The molecule has 1 aliphatic rings. The summed E-state index contributed by atoms with van der Waals surface area (Å²) in [5.41, 5.74) is 16.3. The number of pyridine rings is 1. The van der Waals surface area contributed by atoms with Crippen molar-refractivity contribution in [1.29, 1.82) is 0 Å². The van der Waals surface area contributed by atoms with Gasteiger partial charge in [-0.1, -0.05) is 18.7 Å².